The molecule has 1 unspecified atom stereocenters. The third kappa shape index (κ3) is 3.28. The van der Waals surface area contributed by atoms with E-state index in [1.54, 1.807) is 0 Å². The Bertz CT molecular complexity index is 437. The van der Waals surface area contributed by atoms with Crippen molar-refractivity contribution in [1.29, 1.82) is 5.26 Å². The van der Waals surface area contributed by atoms with Crippen LogP contribution in [0.1, 0.15) is 19.4 Å². The van der Waals surface area contributed by atoms with Gasteiger partial charge in [-0.2, -0.15) is 5.26 Å². The van der Waals surface area contributed by atoms with E-state index in [1.807, 2.05) is 26.0 Å². The summed E-state index contributed by atoms with van der Waals surface area (Å²) in [6, 6.07) is 5.99. The molecule has 1 rings (SSSR count). The maximum atomic E-state index is 8.87. The van der Waals surface area contributed by atoms with E-state index in [2.05, 4.69) is 17.9 Å². The van der Waals surface area contributed by atoms with Crippen LogP contribution >= 0.6 is 11.6 Å². The molecule has 92 valence electrons. The van der Waals surface area contributed by atoms with Gasteiger partial charge >= 0.3 is 0 Å². The molecular formula is C13H18ClN3. The number of nitrogens with zero attached hydrogens (tertiary/aromatic N) is 2. The number of anilines is 2. The lowest BCUT2D eigenvalue weighted by Gasteiger charge is -2.26. The van der Waals surface area contributed by atoms with Gasteiger partial charge in [-0.1, -0.05) is 11.6 Å². The van der Waals surface area contributed by atoms with Crippen LogP contribution in [0.3, 0.4) is 0 Å². The Morgan fingerprint density at radius 3 is 2.71 bits per heavy atom. The van der Waals surface area contributed by atoms with E-state index in [1.165, 1.54) is 0 Å². The molecule has 0 aliphatic heterocycles. The number of aryl methyl sites for hydroxylation is 1. The van der Waals surface area contributed by atoms with Gasteiger partial charge in [0, 0.05) is 18.8 Å². The number of hydrogen-bond acceptors (Lipinski definition) is 3. The maximum Gasteiger partial charge on any atom is 0.0671 e. The highest BCUT2D eigenvalue weighted by Gasteiger charge is 2.12. The smallest absolute Gasteiger partial charge is 0.0671 e. The molecule has 17 heavy (non-hydrogen) atoms. The van der Waals surface area contributed by atoms with Crippen LogP contribution in [0.5, 0.6) is 0 Å². The Hall–Kier alpha value is -1.40. The molecule has 0 heterocycles. The van der Waals surface area contributed by atoms with E-state index in [4.69, 9.17) is 22.6 Å². The quantitative estimate of drug-likeness (QED) is 0.836. The lowest BCUT2D eigenvalue weighted by atomic mass is 10.1. The molecule has 0 saturated heterocycles. The van der Waals surface area contributed by atoms with Crippen molar-refractivity contribution >= 4 is 23.0 Å². The Kier molecular flexibility index (Phi) is 4.65. The van der Waals surface area contributed by atoms with E-state index in [9.17, 15) is 0 Å². The highest BCUT2D eigenvalue weighted by atomic mass is 35.5. The van der Waals surface area contributed by atoms with Gasteiger partial charge in [-0.3, -0.25) is 0 Å². The topological polar surface area (TPSA) is 53.0 Å². The SMILES string of the molecule is CCN(CC(C)C#N)c1cc(Cl)c(N)cc1C. The number of hydrogen-bond donors (Lipinski definition) is 1. The lowest BCUT2D eigenvalue weighted by molar-refractivity contribution is 0.685. The first-order chi connectivity index (χ1) is 7.99. The molecule has 1 atom stereocenters. The number of benzene rings is 1. The molecule has 1 aromatic carbocycles. The minimum atomic E-state index is -0.00863. The second-order valence-corrected chi connectivity index (χ2v) is 4.64. The van der Waals surface area contributed by atoms with Gasteiger partial charge in [0.25, 0.3) is 0 Å². The predicted octanol–water partition coefficient (Wildman–Crippen LogP) is 3.22. The number of nitrogens with two attached hydrogens (primary N) is 1. The Balaban J connectivity index is 3.04. The molecule has 0 radical (unpaired) electrons. The first-order valence-electron chi connectivity index (χ1n) is 5.69. The van der Waals surface area contributed by atoms with Crippen LogP contribution in [0.4, 0.5) is 11.4 Å². The zero-order valence-electron chi connectivity index (χ0n) is 10.5. The molecule has 0 aromatic heterocycles. The van der Waals surface area contributed by atoms with E-state index in [-0.39, 0.29) is 5.92 Å². The van der Waals surface area contributed by atoms with Crippen molar-refractivity contribution in [3.63, 3.8) is 0 Å². The molecule has 0 bridgehead atoms. The molecule has 0 fully saturated rings. The van der Waals surface area contributed by atoms with Crippen LogP contribution < -0.4 is 10.6 Å². The fourth-order valence-corrected chi connectivity index (χ4v) is 1.96. The third-order valence-corrected chi connectivity index (χ3v) is 3.08. The van der Waals surface area contributed by atoms with E-state index in [0.717, 1.165) is 17.8 Å². The van der Waals surface area contributed by atoms with Gasteiger partial charge in [0.1, 0.15) is 0 Å². The average Bonchev–Trinajstić information content (AvgIpc) is 2.30. The summed E-state index contributed by atoms with van der Waals surface area (Å²) >= 11 is 6.04. The van der Waals surface area contributed by atoms with Gasteiger partial charge in [-0.25, -0.2) is 0 Å². The van der Waals surface area contributed by atoms with Crippen molar-refractivity contribution in [2.75, 3.05) is 23.7 Å². The Morgan fingerprint density at radius 2 is 2.18 bits per heavy atom. The lowest BCUT2D eigenvalue weighted by Crippen LogP contribution is -2.28. The monoisotopic (exact) mass is 251 g/mol. The number of nitrogen functional groups attached to an aromatic ring is 1. The average molecular weight is 252 g/mol. The molecule has 1 aromatic rings. The third-order valence-electron chi connectivity index (χ3n) is 2.75. The van der Waals surface area contributed by atoms with E-state index < -0.39 is 0 Å². The fraction of sp³-hybridized carbons (Fsp3) is 0.462. The molecule has 0 aliphatic carbocycles. The van der Waals surface area contributed by atoms with Crippen LogP contribution in [0.2, 0.25) is 5.02 Å². The zero-order chi connectivity index (χ0) is 13.0. The Morgan fingerprint density at radius 1 is 1.53 bits per heavy atom. The highest BCUT2D eigenvalue weighted by Crippen LogP contribution is 2.29. The van der Waals surface area contributed by atoms with Gasteiger partial charge in [-0.15, -0.1) is 0 Å². The number of rotatable bonds is 4. The molecule has 0 spiro atoms. The summed E-state index contributed by atoms with van der Waals surface area (Å²) in [5.41, 5.74) is 8.48. The van der Waals surface area contributed by atoms with Crippen LogP contribution in [0.15, 0.2) is 12.1 Å². The summed E-state index contributed by atoms with van der Waals surface area (Å²) in [6.07, 6.45) is 0. The van der Waals surface area contributed by atoms with Crippen molar-refractivity contribution in [1.82, 2.24) is 0 Å². The van der Waals surface area contributed by atoms with Crippen LogP contribution in [0.25, 0.3) is 0 Å². The van der Waals surface area contributed by atoms with E-state index >= 15 is 0 Å². The zero-order valence-corrected chi connectivity index (χ0v) is 11.3. The van der Waals surface area contributed by atoms with Gasteiger partial charge < -0.3 is 10.6 Å². The summed E-state index contributed by atoms with van der Waals surface area (Å²) < 4.78 is 0. The normalized spacial score (nSPS) is 11.9. The standard InChI is InChI=1S/C13H18ClN3/c1-4-17(8-9(2)7-15)13-6-11(14)12(16)5-10(13)3/h5-6,9H,4,8,16H2,1-3H3. The van der Waals surface area contributed by atoms with Gasteiger partial charge in [0.15, 0.2) is 0 Å². The van der Waals surface area contributed by atoms with Crippen LogP contribution in [-0.4, -0.2) is 13.1 Å². The Labute approximate surface area is 108 Å². The van der Waals surface area contributed by atoms with Crippen molar-refractivity contribution in [3.05, 3.63) is 22.7 Å². The fourth-order valence-electron chi connectivity index (χ4n) is 1.80. The first kappa shape index (κ1) is 13.7. The molecule has 3 nitrogen and oxygen atoms in total. The van der Waals surface area contributed by atoms with Gasteiger partial charge in [0.2, 0.25) is 0 Å². The van der Waals surface area contributed by atoms with Gasteiger partial charge in [-0.05, 0) is 38.5 Å². The van der Waals surface area contributed by atoms with Crippen molar-refractivity contribution in [2.45, 2.75) is 20.8 Å². The summed E-state index contributed by atoms with van der Waals surface area (Å²) in [7, 11) is 0. The second kappa shape index (κ2) is 5.79. The predicted molar refractivity (Wildman–Crippen MR) is 73.3 cm³/mol. The summed E-state index contributed by atoms with van der Waals surface area (Å²) in [5, 5.41) is 9.43. The first-order valence-corrected chi connectivity index (χ1v) is 6.07. The largest absolute Gasteiger partial charge is 0.398 e. The maximum absolute atomic E-state index is 8.87. The summed E-state index contributed by atoms with van der Waals surface area (Å²) in [5.74, 6) is -0.00863. The highest BCUT2D eigenvalue weighted by molar-refractivity contribution is 6.33. The number of halogens is 1. The molecule has 4 heteroatoms. The number of nitriles is 1. The summed E-state index contributed by atoms with van der Waals surface area (Å²) in [6.45, 7) is 7.52. The molecule has 0 saturated carbocycles. The molecule has 2 N–H and O–H groups in total. The van der Waals surface area contributed by atoms with Crippen molar-refractivity contribution in [3.8, 4) is 6.07 Å². The van der Waals surface area contributed by atoms with Crippen molar-refractivity contribution in [2.24, 2.45) is 5.92 Å². The molecule has 0 amide bonds. The second-order valence-electron chi connectivity index (χ2n) is 4.23. The van der Waals surface area contributed by atoms with Crippen LogP contribution in [-0.2, 0) is 0 Å². The molecule has 0 aliphatic rings. The van der Waals surface area contributed by atoms with Gasteiger partial charge in [0.05, 0.1) is 22.7 Å². The molecular weight excluding hydrogens is 234 g/mol. The van der Waals surface area contributed by atoms with E-state index in [0.29, 0.717) is 17.3 Å². The minimum absolute atomic E-state index is 0.00863. The van der Waals surface area contributed by atoms with Crippen molar-refractivity contribution < 1.29 is 0 Å². The summed E-state index contributed by atoms with van der Waals surface area (Å²) in [4.78, 5) is 2.15. The van der Waals surface area contributed by atoms with Crippen LogP contribution in [0, 0.1) is 24.2 Å². The minimum Gasteiger partial charge on any atom is -0.398 e.